The summed E-state index contributed by atoms with van der Waals surface area (Å²) in [6.07, 6.45) is 0. The van der Waals surface area contributed by atoms with Gasteiger partial charge in [-0.3, -0.25) is 4.79 Å². The van der Waals surface area contributed by atoms with E-state index in [-0.39, 0.29) is 17.9 Å². The van der Waals surface area contributed by atoms with Gasteiger partial charge in [-0.25, -0.2) is 0 Å². The van der Waals surface area contributed by atoms with Gasteiger partial charge in [-0.15, -0.1) is 0 Å². The number of likely N-dealkylation sites (N-methyl/N-ethyl adjacent to an activating group) is 1. The third-order valence-electron chi connectivity index (χ3n) is 2.88. The fraction of sp³-hybridized carbons (Fsp3) is 0.417. The van der Waals surface area contributed by atoms with Crippen molar-refractivity contribution in [1.82, 2.24) is 5.32 Å². The SMILES string of the molecule is CNC1COCC1C(=O)Nc1cccc(Br)c1. The van der Waals surface area contributed by atoms with Crippen LogP contribution in [0.3, 0.4) is 0 Å². The molecular weight excluding hydrogens is 284 g/mol. The molecule has 0 saturated carbocycles. The zero-order valence-electron chi connectivity index (χ0n) is 9.57. The number of rotatable bonds is 3. The van der Waals surface area contributed by atoms with Crippen LogP contribution >= 0.6 is 15.9 Å². The highest BCUT2D eigenvalue weighted by atomic mass is 79.9. The summed E-state index contributed by atoms with van der Waals surface area (Å²) in [4.78, 5) is 12.0. The summed E-state index contributed by atoms with van der Waals surface area (Å²) in [6, 6.07) is 7.65. The third kappa shape index (κ3) is 3.06. The van der Waals surface area contributed by atoms with Gasteiger partial charge in [0.2, 0.25) is 5.91 Å². The quantitative estimate of drug-likeness (QED) is 0.892. The Morgan fingerprint density at radius 3 is 3.00 bits per heavy atom. The molecule has 92 valence electrons. The van der Waals surface area contributed by atoms with Gasteiger partial charge >= 0.3 is 0 Å². The van der Waals surface area contributed by atoms with Crippen molar-refractivity contribution in [2.45, 2.75) is 6.04 Å². The largest absolute Gasteiger partial charge is 0.379 e. The molecule has 1 aromatic rings. The van der Waals surface area contributed by atoms with Crippen LogP contribution in [0.25, 0.3) is 0 Å². The summed E-state index contributed by atoms with van der Waals surface area (Å²) in [6.45, 7) is 1.07. The molecule has 0 spiro atoms. The number of halogens is 1. The number of anilines is 1. The molecule has 0 aromatic heterocycles. The van der Waals surface area contributed by atoms with Crippen LogP contribution < -0.4 is 10.6 Å². The predicted molar refractivity (Wildman–Crippen MR) is 69.9 cm³/mol. The van der Waals surface area contributed by atoms with Crippen LogP contribution in [0.5, 0.6) is 0 Å². The van der Waals surface area contributed by atoms with E-state index in [9.17, 15) is 4.79 Å². The Balaban J connectivity index is 2.01. The van der Waals surface area contributed by atoms with Crippen molar-refractivity contribution in [3.63, 3.8) is 0 Å². The second-order valence-corrected chi connectivity index (χ2v) is 4.95. The Bertz CT molecular complexity index is 411. The molecule has 2 atom stereocenters. The molecule has 1 heterocycles. The lowest BCUT2D eigenvalue weighted by molar-refractivity contribution is -0.120. The van der Waals surface area contributed by atoms with Crippen LogP contribution in [-0.2, 0) is 9.53 Å². The smallest absolute Gasteiger partial charge is 0.231 e. The number of hydrogen-bond donors (Lipinski definition) is 2. The van der Waals surface area contributed by atoms with Gasteiger partial charge in [0.05, 0.1) is 19.1 Å². The van der Waals surface area contributed by atoms with Crippen molar-refractivity contribution in [3.8, 4) is 0 Å². The molecule has 17 heavy (non-hydrogen) atoms. The normalized spacial score (nSPS) is 23.6. The molecule has 0 radical (unpaired) electrons. The number of nitrogens with one attached hydrogen (secondary N) is 2. The molecule has 1 aliphatic heterocycles. The van der Waals surface area contributed by atoms with Gasteiger partial charge in [-0.05, 0) is 25.2 Å². The van der Waals surface area contributed by atoms with Gasteiger partial charge in [0.1, 0.15) is 0 Å². The Kier molecular flexibility index (Phi) is 4.15. The van der Waals surface area contributed by atoms with Gasteiger partial charge in [0.15, 0.2) is 0 Å². The highest BCUT2D eigenvalue weighted by Crippen LogP contribution is 2.19. The summed E-state index contributed by atoms with van der Waals surface area (Å²) in [5.74, 6) is -0.126. The summed E-state index contributed by atoms with van der Waals surface area (Å²) >= 11 is 3.37. The molecule has 1 fully saturated rings. The Morgan fingerprint density at radius 2 is 2.29 bits per heavy atom. The predicted octanol–water partition coefficient (Wildman–Crippen LogP) is 1.62. The highest BCUT2D eigenvalue weighted by molar-refractivity contribution is 9.10. The first-order valence-corrected chi connectivity index (χ1v) is 6.31. The van der Waals surface area contributed by atoms with Gasteiger partial charge in [-0.2, -0.15) is 0 Å². The van der Waals surface area contributed by atoms with Crippen molar-refractivity contribution in [2.24, 2.45) is 5.92 Å². The molecule has 5 heteroatoms. The minimum absolute atomic E-state index is 0.0000463. The van der Waals surface area contributed by atoms with Crippen molar-refractivity contribution >= 4 is 27.5 Å². The Labute approximate surface area is 109 Å². The number of carbonyl (C=O) groups excluding carboxylic acids is 1. The maximum Gasteiger partial charge on any atom is 0.231 e. The van der Waals surface area contributed by atoms with Crippen LogP contribution in [0.4, 0.5) is 5.69 Å². The number of carbonyl (C=O) groups is 1. The van der Waals surface area contributed by atoms with Gasteiger partial charge in [0, 0.05) is 16.2 Å². The topological polar surface area (TPSA) is 50.4 Å². The van der Waals surface area contributed by atoms with E-state index in [1.165, 1.54) is 0 Å². The summed E-state index contributed by atoms with van der Waals surface area (Å²) in [7, 11) is 1.85. The van der Waals surface area contributed by atoms with E-state index >= 15 is 0 Å². The maximum atomic E-state index is 12.0. The zero-order valence-corrected chi connectivity index (χ0v) is 11.2. The first-order chi connectivity index (χ1) is 8.20. The summed E-state index contributed by atoms with van der Waals surface area (Å²) in [5.41, 5.74) is 0.797. The lowest BCUT2D eigenvalue weighted by atomic mass is 10.0. The van der Waals surface area contributed by atoms with E-state index in [1.807, 2.05) is 31.3 Å². The fourth-order valence-corrected chi connectivity index (χ4v) is 2.30. The number of ether oxygens (including phenoxy) is 1. The average Bonchev–Trinajstić information content (AvgIpc) is 2.77. The molecule has 1 aromatic carbocycles. The van der Waals surface area contributed by atoms with Crippen molar-refractivity contribution in [3.05, 3.63) is 28.7 Å². The second-order valence-electron chi connectivity index (χ2n) is 4.04. The molecule has 4 nitrogen and oxygen atoms in total. The van der Waals surface area contributed by atoms with Crippen molar-refractivity contribution < 1.29 is 9.53 Å². The van der Waals surface area contributed by atoms with E-state index in [2.05, 4.69) is 26.6 Å². The van der Waals surface area contributed by atoms with E-state index in [4.69, 9.17) is 4.74 Å². The second kappa shape index (κ2) is 5.62. The minimum Gasteiger partial charge on any atom is -0.379 e. The summed E-state index contributed by atoms with van der Waals surface area (Å²) < 4.78 is 6.26. The Hall–Kier alpha value is -0.910. The standard InChI is InChI=1S/C12H15BrN2O2/c1-14-11-7-17-6-10(11)12(16)15-9-4-2-3-8(13)5-9/h2-5,10-11,14H,6-7H2,1H3,(H,15,16). The van der Waals surface area contributed by atoms with E-state index < -0.39 is 0 Å². The molecule has 1 amide bonds. The van der Waals surface area contributed by atoms with Gasteiger partial charge in [-0.1, -0.05) is 22.0 Å². The molecular formula is C12H15BrN2O2. The minimum atomic E-state index is -0.126. The Morgan fingerprint density at radius 1 is 1.47 bits per heavy atom. The lowest BCUT2D eigenvalue weighted by Crippen LogP contribution is -2.39. The van der Waals surface area contributed by atoms with E-state index in [1.54, 1.807) is 0 Å². The maximum absolute atomic E-state index is 12.0. The fourth-order valence-electron chi connectivity index (χ4n) is 1.90. The molecule has 0 aliphatic carbocycles. The van der Waals surface area contributed by atoms with Crippen molar-refractivity contribution in [1.29, 1.82) is 0 Å². The molecule has 1 aliphatic rings. The first kappa shape index (κ1) is 12.5. The lowest BCUT2D eigenvalue weighted by Gasteiger charge is -2.16. The monoisotopic (exact) mass is 298 g/mol. The zero-order chi connectivity index (χ0) is 12.3. The third-order valence-corrected chi connectivity index (χ3v) is 3.37. The van der Waals surface area contributed by atoms with E-state index in [0.29, 0.717) is 13.2 Å². The van der Waals surface area contributed by atoms with Crippen LogP contribution in [-0.4, -0.2) is 32.2 Å². The van der Waals surface area contributed by atoms with E-state index in [0.717, 1.165) is 10.2 Å². The van der Waals surface area contributed by atoms with Crippen LogP contribution in [0.1, 0.15) is 0 Å². The summed E-state index contributed by atoms with van der Waals surface area (Å²) in [5, 5.41) is 6.00. The molecule has 2 N–H and O–H groups in total. The molecule has 2 rings (SSSR count). The molecule has 0 bridgehead atoms. The van der Waals surface area contributed by atoms with Crippen LogP contribution in [0.2, 0.25) is 0 Å². The molecule has 1 saturated heterocycles. The van der Waals surface area contributed by atoms with Gasteiger partial charge < -0.3 is 15.4 Å². The van der Waals surface area contributed by atoms with Crippen molar-refractivity contribution in [2.75, 3.05) is 25.6 Å². The van der Waals surface area contributed by atoms with Gasteiger partial charge in [0.25, 0.3) is 0 Å². The number of benzene rings is 1. The number of amides is 1. The number of hydrogen-bond acceptors (Lipinski definition) is 3. The first-order valence-electron chi connectivity index (χ1n) is 5.52. The molecule has 2 unspecified atom stereocenters. The average molecular weight is 299 g/mol. The highest BCUT2D eigenvalue weighted by Gasteiger charge is 2.32. The van der Waals surface area contributed by atoms with Crippen LogP contribution in [0, 0.1) is 5.92 Å². The van der Waals surface area contributed by atoms with Crippen LogP contribution in [0.15, 0.2) is 28.7 Å².